The Morgan fingerprint density at radius 3 is 2.76 bits per heavy atom. The van der Waals surface area contributed by atoms with Gasteiger partial charge in [0.25, 0.3) is 0 Å². The highest BCUT2D eigenvalue weighted by Crippen LogP contribution is 2.38. The largest absolute Gasteiger partial charge is 0.507 e. The van der Waals surface area contributed by atoms with Crippen LogP contribution in [0.25, 0.3) is 10.9 Å². The van der Waals surface area contributed by atoms with E-state index in [9.17, 15) is 19.7 Å². The average Bonchev–Trinajstić information content (AvgIpc) is 2.96. The van der Waals surface area contributed by atoms with E-state index in [-0.39, 0.29) is 18.6 Å². The van der Waals surface area contributed by atoms with Crippen LogP contribution in [0.2, 0.25) is 0 Å². The van der Waals surface area contributed by atoms with Crippen LogP contribution in [0.1, 0.15) is 12.0 Å². The van der Waals surface area contributed by atoms with E-state index in [1.54, 1.807) is 18.3 Å². The van der Waals surface area contributed by atoms with Gasteiger partial charge in [0.2, 0.25) is 5.91 Å². The molecule has 0 bridgehead atoms. The molecule has 25 heavy (non-hydrogen) atoms. The number of phenols is 1. The summed E-state index contributed by atoms with van der Waals surface area (Å²) in [5.74, 6) is -2.44. The fraction of sp³-hybridized carbons (Fsp3) is 0.357. The van der Waals surface area contributed by atoms with Crippen molar-refractivity contribution < 1.29 is 34.6 Å². The molecule has 0 saturated carbocycles. The number of aromatic nitrogens is 1. The number of hydroxylamine groups is 2. The molecular formula is C14H20N3O7P. The number of fused-ring (bicyclic) bond motifs is 1. The molecule has 0 saturated heterocycles. The second-order valence-electron chi connectivity index (χ2n) is 5.49. The van der Waals surface area contributed by atoms with Gasteiger partial charge in [-0.25, -0.2) is 5.06 Å². The van der Waals surface area contributed by atoms with E-state index in [1.165, 1.54) is 6.07 Å². The minimum atomic E-state index is -4.63. The number of benzene rings is 1. The summed E-state index contributed by atoms with van der Waals surface area (Å²) in [4.78, 5) is 32.3. The molecule has 0 radical (unpaired) electrons. The first kappa shape index (κ1) is 19.4. The van der Waals surface area contributed by atoms with Crippen LogP contribution in [0.3, 0.4) is 0 Å². The summed E-state index contributed by atoms with van der Waals surface area (Å²) in [5, 5.41) is 32.0. The first-order valence-electron chi connectivity index (χ1n) is 7.41. The quantitative estimate of drug-likeness (QED) is 0.148. The van der Waals surface area contributed by atoms with Gasteiger partial charge in [-0.3, -0.25) is 19.9 Å². The van der Waals surface area contributed by atoms with Crippen LogP contribution in [0, 0.1) is 0 Å². The minimum Gasteiger partial charge on any atom is -0.507 e. The average molecular weight is 373 g/mol. The SMILES string of the molecule is O=C(CCc1c[nH]c2cccc(O)c12)N(O)CNCC(O)P(=O)(O)O. The molecule has 10 nitrogen and oxygen atoms in total. The lowest BCUT2D eigenvalue weighted by Crippen LogP contribution is -2.39. The van der Waals surface area contributed by atoms with Crippen molar-refractivity contribution in [1.82, 2.24) is 15.4 Å². The standard InChI is InChI=1S/C14H20N3O7P/c18-11-3-1-2-10-14(11)9(6-16-10)4-5-12(19)17(21)8-15-7-13(20)25(22,23)24/h1-3,6,13,15-16,18,20-21H,4-5,7-8H2,(H2,22,23,24). The van der Waals surface area contributed by atoms with E-state index in [0.29, 0.717) is 10.4 Å². The number of H-pyrrole nitrogens is 1. The fourth-order valence-corrected chi connectivity index (χ4v) is 2.68. The predicted octanol–water partition coefficient (Wildman–Crippen LogP) is 0.0671. The molecule has 0 aliphatic carbocycles. The Bertz CT molecular complexity index is 788. The summed E-state index contributed by atoms with van der Waals surface area (Å²) in [6.45, 7) is -0.875. The summed E-state index contributed by atoms with van der Waals surface area (Å²) in [6, 6.07) is 5.02. The third kappa shape index (κ3) is 5.02. The summed E-state index contributed by atoms with van der Waals surface area (Å²) in [5.41, 5.74) is 1.45. The van der Waals surface area contributed by atoms with Gasteiger partial charge >= 0.3 is 7.60 Å². The van der Waals surface area contributed by atoms with Gasteiger partial charge in [-0.05, 0) is 24.1 Å². The van der Waals surface area contributed by atoms with Crippen LogP contribution in [0.15, 0.2) is 24.4 Å². The van der Waals surface area contributed by atoms with Gasteiger partial charge in [0.15, 0.2) is 5.85 Å². The van der Waals surface area contributed by atoms with Crippen molar-refractivity contribution in [2.24, 2.45) is 0 Å². The van der Waals surface area contributed by atoms with E-state index < -0.39 is 32.6 Å². The topological polar surface area (TPSA) is 166 Å². The number of aryl methyl sites for hydroxylation is 1. The maximum Gasteiger partial charge on any atom is 0.355 e. The van der Waals surface area contributed by atoms with Gasteiger partial charge < -0.3 is 25.0 Å². The number of aromatic hydroxyl groups is 1. The number of aliphatic hydroxyl groups excluding tert-OH is 1. The third-order valence-corrected chi connectivity index (χ3v) is 4.60. The van der Waals surface area contributed by atoms with Crippen molar-refractivity contribution in [3.8, 4) is 5.75 Å². The molecule has 138 valence electrons. The Hall–Kier alpha value is -1.94. The van der Waals surface area contributed by atoms with Crippen LogP contribution in [-0.2, 0) is 15.8 Å². The van der Waals surface area contributed by atoms with Gasteiger partial charge in [-0.1, -0.05) is 6.07 Å². The molecule has 0 aliphatic rings. The number of carbonyl (C=O) groups is 1. The maximum absolute atomic E-state index is 11.9. The molecular weight excluding hydrogens is 353 g/mol. The Labute approximate surface area is 142 Å². The lowest BCUT2D eigenvalue weighted by Gasteiger charge is -2.18. The van der Waals surface area contributed by atoms with Crippen molar-refractivity contribution in [1.29, 1.82) is 0 Å². The molecule has 1 amide bonds. The summed E-state index contributed by atoms with van der Waals surface area (Å²) in [6.07, 6.45) is 1.91. The zero-order valence-corrected chi connectivity index (χ0v) is 14.1. The smallest absolute Gasteiger partial charge is 0.355 e. The molecule has 0 spiro atoms. The molecule has 1 aromatic carbocycles. The number of phenolic OH excluding ortho intramolecular Hbond substituents is 1. The van der Waals surface area contributed by atoms with Gasteiger partial charge in [0, 0.05) is 30.1 Å². The minimum absolute atomic E-state index is 0.0412. The molecule has 11 heteroatoms. The van der Waals surface area contributed by atoms with Crippen molar-refractivity contribution >= 4 is 24.4 Å². The van der Waals surface area contributed by atoms with Crippen LogP contribution < -0.4 is 5.32 Å². The van der Waals surface area contributed by atoms with E-state index in [4.69, 9.17) is 14.9 Å². The Morgan fingerprint density at radius 2 is 2.08 bits per heavy atom. The van der Waals surface area contributed by atoms with E-state index in [0.717, 1.165) is 11.1 Å². The number of hydrogen-bond donors (Lipinski definition) is 7. The molecule has 2 aromatic rings. The predicted molar refractivity (Wildman–Crippen MR) is 87.8 cm³/mol. The summed E-state index contributed by atoms with van der Waals surface area (Å²) < 4.78 is 10.7. The van der Waals surface area contributed by atoms with Crippen molar-refractivity contribution in [2.75, 3.05) is 13.2 Å². The molecule has 1 heterocycles. The first-order valence-corrected chi connectivity index (χ1v) is 9.09. The Kier molecular flexibility index (Phi) is 6.17. The second kappa shape index (κ2) is 7.96. The van der Waals surface area contributed by atoms with Gasteiger partial charge in [-0.15, -0.1) is 0 Å². The maximum atomic E-state index is 11.9. The highest BCUT2D eigenvalue weighted by Gasteiger charge is 2.25. The molecule has 1 atom stereocenters. The van der Waals surface area contributed by atoms with Crippen molar-refractivity contribution in [3.63, 3.8) is 0 Å². The van der Waals surface area contributed by atoms with Crippen LogP contribution in [0.4, 0.5) is 0 Å². The number of rotatable bonds is 8. The third-order valence-electron chi connectivity index (χ3n) is 3.64. The molecule has 0 fully saturated rings. The highest BCUT2D eigenvalue weighted by atomic mass is 31.2. The number of nitrogens with zero attached hydrogens (tertiary/aromatic N) is 1. The summed E-state index contributed by atoms with van der Waals surface area (Å²) >= 11 is 0. The van der Waals surface area contributed by atoms with Crippen molar-refractivity contribution in [2.45, 2.75) is 18.7 Å². The number of aliphatic hydroxyl groups is 1. The van der Waals surface area contributed by atoms with E-state index >= 15 is 0 Å². The number of aromatic amines is 1. The van der Waals surface area contributed by atoms with Crippen LogP contribution in [-0.4, -0.2) is 60.2 Å². The highest BCUT2D eigenvalue weighted by molar-refractivity contribution is 7.52. The molecule has 0 aliphatic heterocycles. The fourth-order valence-electron chi connectivity index (χ4n) is 2.31. The monoisotopic (exact) mass is 373 g/mol. The zero-order valence-electron chi connectivity index (χ0n) is 13.2. The van der Waals surface area contributed by atoms with Gasteiger partial charge in [0.1, 0.15) is 5.75 Å². The Morgan fingerprint density at radius 1 is 1.36 bits per heavy atom. The van der Waals surface area contributed by atoms with Gasteiger partial charge in [0.05, 0.1) is 6.67 Å². The van der Waals surface area contributed by atoms with E-state index in [1.807, 2.05) is 0 Å². The first-order chi connectivity index (χ1) is 11.7. The lowest BCUT2D eigenvalue weighted by atomic mass is 10.1. The Balaban J connectivity index is 1.84. The number of carbonyl (C=O) groups excluding carboxylic acids is 1. The number of hydrogen-bond acceptors (Lipinski definition) is 6. The lowest BCUT2D eigenvalue weighted by molar-refractivity contribution is -0.166. The van der Waals surface area contributed by atoms with Gasteiger partial charge in [-0.2, -0.15) is 0 Å². The number of amides is 1. The molecule has 7 N–H and O–H groups in total. The molecule has 1 unspecified atom stereocenters. The zero-order chi connectivity index (χ0) is 18.6. The van der Waals surface area contributed by atoms with Crippen LogP contribution in [0.5, 0.6) is 5.75 Å². The van der Waals surface area contributed by atoms with Crippen LogP contribution >= 0.6 is 7.60 Å². The summed E-state index contributed by atoms with van der Waals surface area (Å²) in [7, 11) is -4.63. The number of nitrogens with one attached hydrogen (secondary N) is 2. The molecule has 2 rings (SSSR count). The van der Waals surface area contributed by atoms with E-state index in [2.05, 4.69) is 10.3 Å². The molecule has 1 aromatic heterocycles. The second-order valence-corrected chi connectivity index (χ2v) is 7.26. The van der Waals surface area contributed by atoms with Crippen molar-refractivity contribution in [3.05, 3.63) is 30.0 Å². The normalized spacial score (nSPS) is 13.1.